The third-order valence-corrected chi connectivity index (χ3v) is 5.63. The lowest BCUT2D eigenvalue weighted by Crippen LogP contribution is -2.49. The van der Waals surface area contributed by atoms with Crippen molar-refractivity contribution in [1.29, 1.82) is 0 Å². The molecule has 0 unspecified atom stereocenters. The Morgan fingerprint density at radius 2 is 1.72 bits per heavy atom. The number of rotatable bonds is 7. The Kier molecular flexibility index (Phi) is 7.35. The predicted octanol–water partition coefficient (Wildman–Crippen LogP) is 2.82. The molecule has 6 nitrogen and oxygen atoms in total. The molecule has 1 saturated heterocycles. The fourth-order valence-electron chi connectivity index (χ4n) is 2.98. The number of piperazine rings is 1. The van der Waals surface area contributed by atoms with Crippen LogP contribution in [0.15, 0.2) is 53.4 Å². The highest BCUT2D eigenvalue weighted by atomic mass is 32.2. The lowest BCUT2D eigenvalue weighted by molar-refractivity contribution is -0.150. The summed E-state index contributed by atoms with van der Waals surface area (Å²) in [7, 11) is 1.63. The van der Waals surface area contributed by atoms with Crippen LogP contribution in [0.3, 0.4) is 0 Å². The molecule has 1 heterocycles. The van der Waals surface area contributed by atoms with Crippen molar-refractivity contribution in [1.82, 2.24) is 4.90 Å². The number of anilines is 1. The van der Waals surface area contributed by atoms with Gasteiger partial charge in [-0.05, 0) is 36.4 Å². The van der Waals surface area contributed by atoms with Crippen molar-refractivity contribution in [3.05, 3.63) is 54.3 Å². The maximum atomic E-state index is 13.5. The lowest BCUT2D eigenvalue weighted by Gasteiger charge is -2.36. The van der Waals surface area contributed by atoms with Crippen molar-refractivity contribution >= 4 is 29.3 Å². The van der Waals surface area contributed by atoms with Crippen molar-refractivity contribution < 1.29 is 23.5 Å². The lowest BCUT2D eigenvalue weighted by atomic mass is 10.2. The van der Waals surface area contributed by atoms with Gasteiger partial charge in [0, 0.05) is 36.8 Å². The van der Waals surface area contributed by atoms with Crippen LogP contribution in [0.25, 0.3) is 0 Å². The van der Waals surface area contributed by atoms with Crippen molar-refractivity contribution in [3.63, 3.8) is 0 Å². The molecule has 1 amide bonds. The minimum Gasteiger partial charge on any atom is -0.497 e. The first-order valence-corrected chi connectivity index (χ1v) is 10.2. The maximum absolute atomic E-state index is 13.5. The molecule has 1 aliphatic heterocycles. The zero-order chi connectivity index (χ0) is 20.6. The fraction of sp³-hybridized carbons (Fsp3) is 0.333. The molecule has 2 aromatic carbocycles. The summed E-state index contributed by atoms with van der Waals surface area (Å²) < 4.78 is 23.8. The zero-order valence-corrected chi connectivity index (χ0v) is 17.0. The van der Waals surface area contributed by atoms with Gasteiger partial charge in [0.25, 0.3) is 5.91 Å². The summed E-state index contributed by atoms with van der Waals surface area (Å²) in [5.41, 5.74) is 1.08. The zero-order valence-electron chi connectivity index (χ0n) is 16.2. The highest BCUT2D eigenvalue weighted by Crippen LogP contribution is 2.22. The van der Waals surface area contributed by atoms with Gasteiger partial charge in [0.15, 0.2) is 6.61 Å². The molecule has 29 heavy (non-hydrogen) atoms. The molecule has 0 N–H and O–H groups in total. The standard InChI is InChI=1S/C21H23FN2O4S/c1-27-17-8-6-16(7-9-17)23-10-12-24(13-11-23)20(25)14-28-21(26)15-29-19-5-3-2-4-18(19)22/h2-9H,10-15H2,1H3. The molecule has 3 rings (SSSR count). The summed E-state index contributed by atoms with van der Waals surface area (Å²) >= 11 is 1.05. The van der Waals surface area contributed by atoms with E-state index < -0.39 is 5.97 Å². The van der Waals surface area contributed by atoms with E-state index in [2.05, 4.69) is 4.90 Å². The van der Waals surface area contributed by atoms with Crippen molar-refractivity contribution in [2.24, 2.45) is 0 Å². The number of benzene rings is 2. The molecule has 1 aliphatic rings. The summed E-state index contributed by atoms with van der Waals surface area (Å²) in [5, 5.41) is 0. The van der Waals surface area contributed by atoms with Crippen molar-refractivity contribution in [2.75, 3.05) is 50.5 Å². The molecule has 0 saturated carbocycles. The minimum absolute atomic E-state index is 0.0422. The minimum atomic E-state index is -0.538. The Labute approximate surface area is 173 Å². The fourth-order valence-corrected chi connectivity index (χ4v) is 3.72. The quantitative estimate of drug-likeness (QED) is 0.509. The number of ether oxygens (including phenoxy) is 2. The Morgan fingerprint density at radius 3 is 2.38 bits per heavy atom. The molecule has 2 aromatic rings. The third-order valence-electron chi connectivity index (χ3n) is 4.61. The Bertz CT molecular complexity index is 839. The summed E-state index contributed by atoms with van der Waals surface area (Å²) in [4.78, 5) is 28.4. The molecule has 1 fully saturated rings. The summed E-state index contributed by atoms with van der Waals surface area (Å²) in [6, 6.07) is 14.0. The predicted molar refractivity (Wildman–Crippen MR) is 110 cm³/mol. The number of nitrogens with zero attached hydrogens (tertiary/aromatic N) is 2. The monoisotopic (exact) mass is 418 g/mol. The van der Waals surface area contributed by atoms with E-state index in [1.165, 1.54) is 6.07 Å². The van der Waals surface area contributed by atoms with Gasteiger partial charge in [0.2, 0.25) is 0 Å². The van der Waals surface area contributed by atoms with Crippen LogP contribution in [0.2, 0.25) is 0 Å². The average molecular weight is 418 g/mol. The van der Waals surface area contributed by atoms with E-state index in [1.54, 1.807) is 30.2 Å². The topological polar surface area (TPSA) is 59.1 Å². The molecular weight excluding hydrogens is 395 g/mol. The Hall–Kier alpha value is -2.74. The van der Waals surface area contributed by atoms with E-state index in [0.29, 0.717) is 31.1 Å². The van der Waals surface area contributed by atoms with E-state index in [9.17, 15) is 14.0 Å². The molecule has 0 aliphatic carbocycles. The second-order valence-corrected chi connectivity index (χ2v) is 7.46. The number of hydrogen-bond acceptors (Lipinski definition) is 6. The van der Waals surface area contributed by atoms with Crippen LogP contribution in [0.5, 0.6) is 5.75 Å². The second kappa shape index (κ2) is 10.2. The summed E-state index contributed by atoms with van der Waals surface area (Å²) in [6.07, 6.45) is 0. The van der Waals surface area contributed by atoms with Crippen LogP contribution in [-0.4, -0.2) is 62.4 Å². The van der Waals surface area contributed by atoms with Gasteiger partial charge in [-0.25, -0.2) is 4.39 Å². The molecule has 154 valence electrons. The average Bonchev–Trinajstić information content (AvgIpc) is 2.77. The first-order valence-electron chi connectivity index (χ1n) is 9.26. The molecular formula is C21H23FN2O4S. The maximum Gasteiger partial charge on any atom is 0.316 e. The van der Waals surface area contributed by atoms with Crippen molar-refractivity contribution in [2.45, 2.75) is 4.90 Å². The van der Waals surface area contributed by atoms with E-state index in [4.69, 9.17) is 9.47 Å². The van der Waals surface area contributed by atoms with E-state index >= 15 is 0 Å². The Balaban J connectivity index is 1.39. The molecule has 0 bridgehead atoms. The number of amides is 1. The van der Waals surface area contributed by atoms with Crippen molar-refractivity contribution in [3.8, 4) is 5.75 Å². The normalized spacial score (nSPS) is 13.9. The molecule has 8 heteroatoms. The molecule has 0 aromatic heterocycles. The molecule has 0 spiro atoms. The first-order chi connectivity index (χ1) is 14.1. The van der Waals surface area contributed by atoms with Crippen LogP contribution in [-0.2, 0) is 14.3 Å². The number of carbonyl (C=O) groups excluding carboxylic acids is 2. The van der Waals surface area contributed by atoms with Crippen LogP contribution in [0.4, 0.5) is 10.1 Å². The van der Waals surface area contributed by atoms with Gasteiger partial charge in [0.05, 0.1) is 12.9 Å². The van der Waals surface area contributed by atoms with E-state index in [-0.39, 0.29) is 24.1 Å². The SMILES string of the molecule is COc1ccc(N2CCN(C(=O)COC(=O)CSc3ccccc3F)CC2)cc1. The number of hydrogen-bond donors (Lipinski definition) is 0. The van der Waals surface area contributed by atoms with E-state index in [0.717, 1.165) is 23.2 Å². The molecule has 0 atom stereocenters. The second-order valence-electron chi connectivity index (χ2n) is 6.45. The number of methoxy groups -OCH3 is 1. The highest BCUT2D eigenvalue weighted by molar-refractivity contribution is 8.00. The van der Waals surface area contributed by atoms with Gasteiger partial charge >= 0.3 is 5.97 Å². The summed E-state index contributed by atoms with van der Waals surface area (Å²) in [5.74, 6) is -0.375. The number of carbonyl (C=O) groups is 2. The van der Waals surface area contributed by atoms with Gasteiger partial charge in [-0.2, -0.15) is 0 Å². The van der Waals surface area contributed by atoms with Gasteiger partial charge in [-0.1, -0.05) is 12.1 Å². The Morgan fingerprint density at radius 1 is 1.03 bits per heavy atom. The number of esters is 1. The van der Waals surface area contributed by atoms with Gasteiger partial charge in [-0.3, -0.25) is 9.59 Å². The van der Waals surface area contributed by atoms with Gasteiger partial charge < -0.3 is 19.3 Å². The van der Waals surface area contributed by atoms with Crippen LogP contribution < -0.4 is 9.64 Å². The summed E-state index contributed by atoms with van der Waals surface area (Å²) in [6.45, 7) is 2.24. The third kappa shape index (κ3) is 5.87. The number of thioether (sulfide) groups is 1. The van der Waals surface area contributed by atoms with Crippen LogP contribution in [0.1, 0.15) is 0 Å². The van der Waals surface area contributed by atoms with Gasteiger partial charge in [0.1, 0.15) is 11.6 Å². The smallest absolute Gasteiger partial charge is 0.316 e. The largest absolute Gasteiger partial charge is 0.497 e. The van der Waals surface area contributed by atoms with E-state index in [1.807, 2.05) is 24.3 Å². The molecule has 0 radical (unpaired) electrons. The number of halogens is 1. The van der Waals surface area contributed by atoms with Crippen LogP contribution >= 0.6 is 11.8 Å². The first kappa shape index (κ1) is 21.0. The van der Waals surface area contributed by atoms with Crippen LogP contribution in [0, 0.1) is 5.82 Å². The highest BCUT2D eigenvalue weighted by Gasteiger charge is 2.22. The van der Waals surface area contributed by atoms with Gasteiger partial charge in [-0.15, -0.1) is 11.8 Å².